The number of benzene rings is 1. The van der Waals surface area contributed by atoms with Crippen molar-refractivity contribution in [3.8, 4) is 17.2 Å². The minimum absolute atomic E-state index is 0.0715. The molecule has 2 saturated carbocycles. The van der Waals surface area contributed by atoms with Crippen molar-refractivity contribution in [2.75, 3.05) is 26.4 Å². The van der Waals surface area contributed by atoms with Crippen LogP contribution in [0.5, 0.6) is 17.2 Å². The van der Waals surface area contributed by atoms with E-state index in [2.05, 4.69) is 5.32 Å². The number of ether oxygens (including phenoxy) is 3. The third-order valence-electron chi connectivity index (χ3n) is 5.58. The van der Waals surface area contributed by atoms with E-state index < -0.39 is 0 Å². The molecule has 0 heterocycles. The highest BCUT2D eigenvalue weighted by Crippen LogP contribution is 2.48. The van der Waals surface area contributed by atoms with Gasteiger partial charge >= 0.3 is 0 Å². The first-order valence-electron chi connectivity index (χ1n) is 10.0. The van der Waals surface area contributed by atoms with Gasteiger partial charge in [-0.05, 0) is 69.9 Å². The van der Waals surface area contributed by atoms with Gasteiger partial charge in [0.25, 0.3) is 5.91 Å². The third-order valence-corrected chi connectivity index (χ3v) is 5.58. The minimum atomic E-state index is -0.0715. The Balaban J connectivity index is 1.73. The molecule has 1 amide bonds. The molecule has 144 valence electrons. The molecule has 0 spiro atoms. The number of carbonyl (C=O) groups excluding carboxylic acids is 1. The van der Waals surface area contributed by atoms with Gasteiger partial charge in [-0.2, -0.15) is 0 Å². The second kappa shape index (κ2) is 8.65. The molecule has 3 rings (SSSR count). The van der Waals surface area contributed by atoms with Crippen molar-refractivity contribution in [3.63, 3.8) is 0 Å². The Bertz CT molecular complexity index is 603. The molecule has 0 aliphatic heterocycles. The first-order valence-corrected chi connectivity index (χ1v) is 10.0. The second-order valence-electron chi connectivity index (χ2n) is 7.25. The fourth-order valence-corrected chi connectivity index (χ4v) is 4.47. The predicted octanol–water partition coefficient (Wildman–Crippen LogP) is 4.05. The average Bonchev–Trinajstić information content (AvgIpc) is 3.25. The minimum Gasteiger partial charge on any atom is -0.490 e. The van der Waals surface area contributed by atoms with Crippen molar-refractivity contribution in [2.45, 2.75) is 46.5 Å². The lowest BCUT2D eigenvalue weighted by atomic mass is 9.89. The summed E-state index contributed by atoms with van der Waals surface area (Å²) in [6, 6.07) is 3.51. The van der Waals surface area contributed by atoms with Crippen molar-refractivity contribution in [3.05, 3.63) is 17.7 Å². The SMILES string of the molecule is CCOc1cc(C(=O)NCC2CC3CCC2C3)cc(OCC)c1OCC. The monoisotopic (exact) mass is 361 g/mol. The standard InChI is InChI=1S/C21H31NO4/c1-4-24-18-11-16(12-19(25-5-2)20(18)26-6-3)21(23)22-13-17-10-14-7-8-15(17)9-14/h11-12,14-15,17H,4-10,13H2,1-3H3,(H,22,23). The van der Waals surface area contributed by atoms with Crippen LogP contribution in [0, 0.1) is 17.8 Å². The van der Waals surface area contributed by atoms with Crippen LogP contribution >= 0.6 is 0 Å². The molecule has 0 radical (unpaired) electrons. The molecule has 0 saturated heterocycles. The maximum Gasteiger partial charge on any atom is 0.251 e. The quantitative estimate of drug-likeness (QED) is 0.721. The van der Waals surface area contributed by atoms with Crippen LogP contribution in [0.2, 0.25) is 0 Å². The first-order chi connectivity index (χ1) is 12.7. The van der Waals surface area contributed by atoms with Gasteiger partial charge in [-0.25, -0.2) is 0 Å². The van der Waals surface area contributed by atoms with Gasteiger partial charge in [0.2, 0.25) is 5.75 Å². The molecule has 5 heteroatoms. The highest BCUT2D eigenvalue weighted by Gasteiger charge is 2.39. The molecule has 2 fully saturated rings. The van der Waals surface area contributed by atoms with E-state index in [0.717, 1.165) is 18.4 Å². The number of rotatable bonds is 9. The van der Waals surface area contributed by atoms with Crippen LogP contribution in [0.3, 0.4) is 0 Å². The summed E-state index contributed by atoms with van der Waals surface area (Å²) in [7, 11) is 0. The van der Waals surface area contributed by atoms with Crippen molar-refractivity contribution < 1.29 is 19.0 Å². The number of carbonyl (C=O) groups is 1. The Morgan fingerprint density at radius 1 is 1.00 bits per heavy atom. The number of hydrogen-bond acceptors (Lipinski definition) is 4. The molecule has 3 atom stereocenters. The zero-order chi connectivity index (χ0) is 18.5. The van der Waals surface area contributed by atoms with Crippen molar-refractivity contribution in [1.82, 2.24) is 5.32 Å². The van der Waals surface area contributed by atoms with Crippen LogP contribution in [0.4, 0.5) is 0 Å². The molecule has 26 heavy (non-hydrogen) atoms. The van der Waals surface area contributed by atoms with Crippen LogP contribution in [-0.4, -0.2) is 32.3 Å². The Morgan fingerprint density at radius 2 is 1.65 bits per heavy atom. The van der Waals surface area contributed by atoms with Gasteiger partial charge in [0.15, 0.2) is 11.5 Å². The molecule has 0 aromatic heterocycles. The molecule has 1 aromatic carbocycles. The predicted molar refractivity (Wildman–Crippen MR) is 101 cm³/mol. The fraction of sp³-hybridized carbons (Fsp3) is 0.667. The molecule has 5 nitrogen and oxygen atoms in total. The summed E-state index contributed by atoms with van der Waals surface area (Å²) >= 11 is 0. The summed E-state index contributed by atoms with van der Waals surface area (Å²) in [6.07, 6.45) is 5.33. The van der Waals surface area contributed by atoms with Crippen molar-refractivity contribution in [1.29, 1.82) is 0 Å². The van der Waals surface area contributed by atoms with Gasteiger partial charge in [-0.3, -0.25) is 4.79 Å². The molecular formula is C21H31NO4. The zero-order valence-corrected chi connectivity index (χ0v) is 16.2. The van der Waals surface area contributed by atoms with E-state index >= 15 is 0 Å². The zero-order valence-electron chi connectivity index (χ0n) is 16.2. The molecule has 2 aliphatic carbocycles. The maximum absolute atomic E-state index is 12.7. The third kappa shape index (κ3) is 4.08. The molecule has 1 N–H and O–H groups in total. The second-order valence-corrected chi connectivity index (χ2v) is 7.25. The lowest BCUT2D eigenvalue weighted by Gasteiger charge is -2.22. The van der Waals surface area contributed by atoms with Gasteiger partial charge in [0, 0.05) is 12.1 Å². The summed E-state index contributed by atoms with van der Waals surface area (Å²) in [6.45, 7) is 8.03. The van der Waals surface area contributed by atoms with Gasteiger partial charge in [0.05, 0.1) is 19.8 Å². The van der Waals surface area contributed by atoms with Crippen LogP contribution < -0.4 is 19.5 Å². The summed E-state index contributed by atoms with van der Waals surface area (Å²) in [5.74, 6) is 3.95. The van der Waals surface area contributed by atoms with E-state index in [1.807, 2.05) is 20.8 Å². The largest absolute Gasteiger partial charge is 0.490 e. The highest BCUT2D eigenvalue weighted by atomic mass is 16.5. The average molecular weight is 361 g/mol. The van der Waals surface area contributed by atoms with E-state index in [9.17, 15) is 4.79 Å². The topological polar surface area (TPSA) is 56.8 Å². The first kappa shape index (κ1) is 18.9. The van der Waals surface area contributed by atoms with Crippen LogP contribution in [-0.2, 0) is 0 Å². The number of nitrogens with one attached hydrogen (secondary N) is 1. The summed E-state index contributed by atoms with van der Waals surface area (Å²) in [5, 5.41) is 3.13. The van der Waals surface area contributed by atoms with Crippen LogP contribution in [0.15, 0.2) is 12.1 Å². The Morgan fingerprint density at radius 3 is 2.15 bits per heavy atom. The van der Waals surface area contributed by atoms with E-state index in [-0.39, 0.29) is 5.91 Å². The summed E-state index contributed by atoms with van der Waals surface area (Å²) in [5.41, 5.74) is 0.559. The van der Waals surface area contributed by atoms with E-state index in [1.165, 1.54) is 25.7 Å². The number of amides is 1. The fourth-order valence-electron chi connectivity index (χ4n) is 4.47. The Labute approximate surface area is 156 Å². The Hall–Kier alpha value is -1.91. The van der Waals surface area contributed by atoms with Crippen LogP contribution in [0.1, 0.15) is 56.8 Å². The molecule has 1 aromatic rings. The summed E-state index contributed by atoms with van der Waals surface area (Å²) in [4.78, 5) is 12.7. The van der Waals surface area contributed by atoms with E-state index in [0.29, 0.717) is 48.6 Å². The lowest BCUT2D eigenvalue weighted by molar-refractivity contribution is 0.0940. The lowest BCUT2D eigenvalue weighted by Crippen LogP contribution is -2.31. The molecular weight excluding hydrogens is 330 g/mol. The highest BCUT2D eigenvalue weighted by molar-refractivity contribution is 5.95. The smallest absolute Gasteiger partial charge is 0.251 e. The van der Waals surface area contributed by atoms with E-state index in [4.69, 9.17) is 14.2 Å². The number of hydrogen-bond donors (Lipinski definition) is 1. The van der Waals surface area contributed by atoms with Crippen molar-refractivity contribution >= 4 is 5.91 Å². The van der Waals surface area contributed by atoms with Crippen molar-refractivity contribution in [2.24, 2.45) is 17.8 Å². The van der Waals surface area contributed by atoms with E-state index in [1.54, 1.807) is 12.1 Å². The molecule has 2 bridgehead atoms. The van der Waals surface area contributed by atoms with Crippen LogP contribution in [0.25, 0.3) is 0 Å². The van der Waals surface area contributed by atoms with Gasteiger partial charge in [-0.1, -0.05) is 6.42 Å². The maximum atomic E-state index is 12.7. The number of fused-ring (bicyclic) bond motifs is 2. The summed E-state index contributed by atoms with van der Waals surface area (Å²) < 4.78 is 17.1. The van der Waals surface area contributed by atoms with Gasteiger partial charge in [-0.15, -0.1) is 0 Å². The Kier molecular flexibility index (Phi) is 6.28. The van der Waals surface area contributed by atoms with Gasteiger partial charge in [0.1, 0.15) is 0 Å². The normalized spacial score (nSPS) is 23.7. The van der Waals surface area contributed by atoms with Gasteiger partial charge < -0.3 is 19.5 Å². The molecule has 3 unspecified atom stereocenters. The molecule has 2 aliphatic rings.